The van der Waals surface area contributed by atoms with Crippen LogP contribution >= 0.6 is 0 Å². The van der Waals surface area contributed by atoms with Gasteiger partial charge in [-0.05, 0) is 36.1 Å². The molecule has 0 aliphatic heterocycles. The zero-order chi connectivity index (χ0) is 13.2. The number of aliphatic hydroxyl groups is 1. The fourth-order valence-electron chi connectivity index (χ4n) is 1.88. The van der Waals surface area contributed by atoms with Gasteiger partial charge in [-0.25, -0.2) is 4.39 Å². The Labute approximate surface area is 107 Å². The summed E-state index contributed by atoms with van der Waals surface area (Å²) in [5.74, 6) is 0.280. The minimum atomic E-state index is -0.550. The van der Waals surface area contributed by atoms with Crippen molar-refractivity contribution in [3.63, 3.8) is 0 Å². The molecular weight excluding hydrogens is 233 g/mol. The summed E-state index contributed by atoms with van der Waals surface area (Å²) in [4.78, 5) is 0. The third-order valence-electron chi connectivity index (χ3n) is 3.37. The summed E-state index contributed by atoms with van der Waals surface area (Å²) in [6.07, 6.45) is 0.602. The summed E-state index contributed by atoms with van der Waals surface area (Å²) in [5, 5.41) is 13.1. The van der Waals surface area contributed by atoms with E-state index in [-0.39, 0.29) is 12.4 Å². The minimum Gasteiger partial charge on any atom is -0.491 e. The van der Waals surface area contributed by atoms with E-state index in [4.69, 9.17) is 4.74 Å². The number of hydrogen-bond acceptors (Lipinski definition) is 3. The summed E-state index contributed by atoms with van der Waals surface area (Å²) < 4.78 is 18.0. The van der Waals surface area contributed by atoms with Gasteiger partial charge in [0.15, 0.2) is 0 Å². The maximum Gasteiger partial charge on any atom is 0.123 e. The van der Waals surface area contributed by atoms with Gasteiger partial charge in [-0.3, -0.25) is 0 Å². The van der Waals surface area contributed by atoms with Crippen LogP contribution in [-0.2, 0) is 0 Å². The first-order chi connectivity index (χ1) is 8.47. The zero-order valence-electron chi connectivity index (χ0n) is 10.8. The van der Waals surface area contributed by atoms with Crippen molar-refractivity contribution in [1.29, 1.82) is 0 Å². The fraction of sp³-hybridized carbons (Fsp3) is 0.571. The normalized spacial score (nSPS) is 22.6. The lowest BCUT2D eigenvalue weighted by molar-refractivity contribution is 0.105. The molecule has 2 unspecified atom stereocenters. The molecule has 1 aliphatic carbocycles. The van der Waals surface area contributed by atoms with Crippen LogP contribution in [0.4, 0.5) is 4.39 Å². The number of halogens is 1. The van der Waals surface area contributed by atoms with Gasteiger partial charge in [0, 0.05) is 12.6 Å². The van der Waals surface area contributed by atoms with Gasteiger partial charge in [0.2, 0.25) is 0 Å². The maximum atomic E-state index is 12.7. The average molecular weight is 253 g/mol. The summed E-state index contributed by atoms with van der Waals surface area (Å²) in [5.41, 5.74) is 0.359. The maximum absolute atomic E-state index is 12.7. The van der Waals surface area contributed by atoms with Crippen LogP contribution in [0.25, 0.3) is 0 Å². The van der Waals surface area contributed by atoms with E-state index in [9.17, 15) is 9.50 Å². The first kappa shape index (κ1) is 13.3. The fourth-order valence-corrected chi connectivity index (χ4v) is 1.88. The molecule has 1 fully saturated rings. The van der Waals surface area contributed by atoms with Crippen molar-refractivity contribution in [2.75, 3.05) is 13.2 Å². The molecule has 2 N–H and O–H groups in total. The molecule has 0 saturated heterocycles. The molecule has 100 valence electrons. The Morgan fingerprint density at radius 3 is 2.61 bits per heavy atom. The van der Waals surface area contributed by atoms with E-state index >= 15 is 0 Å². The lowest BCUT2D eigenvalue weighted by Gasteiger charge is -2.14. The lowest BCUT2D eigenvalue weighted by Crippen LogP contribution is -2.34. The van der Waals surface area contributed by atoms with Crippen LogP contribution in [0.1, 0.15) is 20.3 Å². The van der Waals surface area contributed by atoms with Gasteiger partial charge in [-0.1, -0.05) is 13.8 Å². The summed E-state index contributed by atoms with van der Waals surface area (Å²) in [6.45, 7) is 5.14. The SMILES string of the molecule is CC1(C)CC1NCC(O)COc1ccc(F)cc1. The van der Waals surface area contributed by atoms with Gasteiger partial charge in [0.25, 0.3) is 0 Å². The van der Waals surface area contributed by atoms with Crippen LogP contribution in [0.15, 0.2) is 24.3 Å². The van der Waals surface area contributed by atoms with Crippen LogP contribution < -0.4 is 10.1 Å². The molecule has 18 heavy (non-hydrogen) atoms. The molecule has 3 nitrogen and oxygen atoms in total. The molecule has 1 saturated carbocycles. The monoisotopic (exact) mass is 253 g/mol. The standard InChI is InChI=1S/C14H20FNO2/c1-14(2)7-13(14)16-8-11(17)9-18-12-5-3-10(15)4-6-12/h3-6,11,13,16-17H,7-9H2,1-2H3. The summed E-state index contributed by atoms with van der Waals surface area (Å²) >= 11 is 0. The third-order valence-corrected chi connectivity index (χ3v) is 3.37. The average Bonchev–Trinajstić information content (AvgIpc) is 2.94. The Morgan fingerprint density at radius 1 is 1.44 bits per heavy atom. The lowest BCUT2D eigenvalue weighted by atomic mass is 10.2. The second kappa shape index (κ2) is 5.24. The molecule has 2 atom stereocenters. The number of benzene rings is 1. The van der Waals surface area contributed by atoms with Crippen molar-refractivity contribution in [2.24, 2.45) is 5.41 Å². The Hall–Kier alpha value is -1.13. The molecule has 1 aliphatic rings. The minimum absolute atomic E-state index is 0.214. The van der Waals surface area contributed by atoms with Crippen molar-refractivity contribution in [3.8, 4) is 5.75 Å². The molecule has 0 radical (unpaired) electrons. The molecule has 0 spiro atoms. The predicted molar refractivity (Wildman–Crippen MR) is 68.1 cm³/mol. The number of hydrogen-bond donors (Lipinski definition) is 2. The zero-order valence-corrected chi connectivity index (χ0v) is 10.8. The van der Waals surface area contributed by atoms with Crippen LogP contribution in [0.2, 0.25) is 0 Å². The molecule has 0 amide bonds. The van der Waals surface area contributed by atoms with Crippen LogP contribution in [0, 0.1) is 11.2 Å². The Bertz CT molecular complexity index is 391. The van der Waals surface area contributed by atoms with E-state index in [1.165, 1.54) is 12.1 Å². The highest BCUT2D eigenvalue weighted by Crippen LogP contribution is 2.44. The third kappa shape index (κ3) is 3.68. The molecule has 0 bridgehead atoms. The second-order valence-corrected chi connectivity index (χ2v) is 5.57. The largest absolute Gasteiger partial charge is 0.491 e. The first-order valence-corrected chi connectivity index (χ1v) is 6.27. The molecular formula is C14H20FNO2. The van der Waals surface area contributed by atoms with Crippen molar-refractivity contribution in [1.82, 2.24) is 5.32 Å². The van der Waals surface area contributed by atoms with Crippen molar-refractivity contribution >= 4 is 0 Å². The number of rotatable bonds is 6. The van der Waals surface area contributed by atoms with Gasteiger partial charge in [-0.15, -0.1) is 0 Å². The van der Waals surface area contributed by atoms with Crippen LogP contribution in [0.5, 0.6) is 5.75 Å². The van der Waals surface area contributed by atoms with Crippen molar-refractivity contribution in [2.45, 2.75) is 32.4 Å². The molecule has 2 rings (SSSR count). The van der Waals surface area contributed by atoms with Gasteiger partial charge in [-0.2, -0.15) is 0 Å². The van der Waals surface area contributed by atoms with E-state index < -0.39 is 6.10 Å². The van der Waals surface area contributed by atoms with Gasteiger partial charge in [0.05, 0.1) is 0 Å². The van der Waals surface area contributed by atoms with E-state index in [2.05, 4.69) is 19.2 Å². The van der Waals surface area contributed by atoms with Crippen LogP contribution in [0.3, 0.4) is 0 Å². The predicted octanol–water partition coefficient (Wildman–Crippen LogP) is 1.95. The molecule has 0 aromatic heterocycles. The van der Waals surface area contributed by atoms with Gasteiger partial charge >= 0.3 is 0 Å². The highest BCUT2D eigenvalue weighted by molar-refractivity contribution is 5.22. The molecule has 0 heterocycles. The summed E-state index contributed by atoms with van der Waals surface area (Å²) in [6, 6.07) is 6.29. The van der Waals surface area contributed by atoms with E-state index in [1.807, 2.05) is 0 Å². The number of ether oxygens (including phenoxy) is 1. The number of aliphatic hydroxyl groups excluding tert-OH is 1. The molecule has 1 aromatic carbocycles. The molecule has 1 aromatic rings. The number of nitrogens with one attached hydrogen (secondary N) is 1. The highest BCUT2D eigenvalue weighted by atomic mass is 19.1. The second-order valence-electron chi connectivity index (χ2n) is 5.57. The van der Waals surface area contributed by atoms with Gasteiger partial charge < -0.3 is 15.2 Å². The van der Waals surface area contributed by atoms with Crippen molar-refractivity contribution < 1.29 is 14.2 Å². The highest BCUT2D eigenvalue weighted by Gasteiger charge is 2.45. The Balaban J connectivity index is 1.65. The van der Waals surface area contributed by atoms with Gasteiger partial charge in [0.1, 0.15) is 24.3 Å². The Morgan fingerprint density at radius 2 is 2.06 bits per heavy atom. The van der Waals surface area contributed by atoms with E-state index in [0.717, 1.165) is 6.42 Å². The first-order valence-electron chi connectivity index (χ1n) is 6.27. The van der Waals surface area contributed by atoms with E-state index in [0.29, 0.717) is 23.8 Å². The Kier molecular flexibility index (Phi) is 3.88. The smallest absolute Gasteiger partial charge is 0.123 e. The molecule has 4 heteroatoms. The van der Waals surface area contributed by atoms with Crippen LogP contribution in [-0.4, -0.2) is 30.4 Å². The summed E-state index contributed by atoms with van der Waals surface area (Å²) in [7, 11) is 0. The topological polar surface area (TPSA) is 41.5 Å². The van der Waals surface area contributed by atoms with Crippen molar-refractivity contribution in [3.05, 3.63) is 30.1 Å². The quantitative estimate of drug-likeness (QED) is 0.814. The van der Waals surface area contributed by atoms with E-state index in [1.54, 1.807) is 12.1 Å².